The molecule has 0 unspecified atom stereocenters. The highest BCUT2D eigenvalue weighted by Crippen LogP contribution is 2.23. The largest absolute Gasteiger partial charge is 0.486 e. The highest BCUT2D eigenvalue weighted by molar-refractivity contribution is 7.11. The molecule has 2 rings (SSSR count). The molecule has 0 N–H and O–H groups in total. The summed E-state index contributed by atoms with van der Waals surface area (Å²) in [5.74, 6) is 0.775. The van der Waals surface area contributed by atoms with Crippen molar-refractivity contribution < 1.29 is 4.74 Å². The number of aromatic nitrogens is 1. The van der Waals surface area contributed by atoms with Gasteiger partial charge in [-0.3, -0.25) is 0 Å². The number of ether oxygens (including phenoxy) is 1. The van der Waals surface area contributed by atoms with E-state index in [1.807, 2.05) is 32.0 Å². The average Bonchev–Trinajstić information content (AvgIpc) is 2.72. The second-order valence-corrected chi connectivity index (χ2v) is 5.73. The molecule has 0 aliphatic carbocycles. The first-order valence-electron chi connectivity index (χ1n) is 5.81. The molecule has 98 valence electrons. The average molecular weight is 293 g/mol. The summed E-state index contributed by atoms with van der Waals surface area (Å²) >= 11 is 7.49. The van der Waals surface area contributed by atoms with Crippen LogP contribution in [0.5, 0.6) is 5.75 Å². The summed E-state index contributed by atoms with van der Waals surface area (Å²) < 4.78 is 5.68. The van der Waals surface area contributed by atoms with E-state index in [0.29, 0.717) is 13.0 Å². The minimum atomic E-state index is 0.406. The molecule has 0 amide bonds. The van der Waals surface area contributed by atoms with Crippen molar-refractivity contribution in [1.29, 1.82) is 5.26 Å². The number of hydrogen-bond donors (Lipinski definition) is 0. The molecule has 0 saturated carbocycles. The van der Waals surface area contributed by atoms with Gasteiger partial charge in [0.05, 0.1) is 18.2 Å². The number of halogens is 1. The van der Waals surface area contributed by atoms with Gasteiger partial charge in [0.15, 0.2) is 0 Å². The third-order valence-electron chi connectivity index (χ3n) is 2.67. The smallest absolute Gasteiger partial charge is 0.140 e. The van der Waals surface area contributed by atoms with Gasteiger partial charge in [0.25, 0.3) is 0 Å². The van der Waals surface area contributed by atoms with Crippen molar-refractivity contribution in [3.63, 3.8) is 0 Å². The summed E-state index contributed by atoms with van der Waals surface area (Å²) in [5, 5.41) is 10.3. The summed E-state index contributed by atoms with van der Waals surface area (Å²) in [6.45, 7) is 4.27. The van der Waals surface area contributed by atoms with Crippen molar-refractivity contribution in [2.24, 2.45) is 0 Å². The van der Waals surface area contributed by atoms with Crippen LogP contribution in [0.4, 0.5) is 0 Å². The van der Waals surface area contributed by atoms with Crippen LogP contribution in [0.25, 0.3) is 0 Å². The Morgan fingerprint density at radius 3 is 2.89 bits per heavy atom. The van der Waals surface area contributed by atoms with Gasteiger partial charge in [-0.25, -0.2) is 4.98 Å². The molecule has 0 fully saturated rings. The molecule has 19 heavy (non-hydrogen) atoms. The zero-order valence-electron chi connectivity index (χ0n) is 10.7. The minimum Gasteiger partial charge on any atom is -0.486 e. The monoisotopic (exact) mass is 292 g/mol. The predicted molar refractivity (Wildman–Crippen MR) is 76.7 cm³/mol. The molecule has 0 atom stereocenters. The maximum atomic E-state index is 8.70. The van der Waals surface area contributed by atoms with E-state index in [9.17, 15) is 0 Å². The molecule has 0 radical (unpaired) electrons. The molecule has 0 bridgehead atoms. The van der Waals surface area contributed by atoms with Gasteiger partial charge in [0.2, 0.25) is 0 Å². The van der Waals surface area contributed by atoms with E-state index in [2.05, 4.69) is 11.1 Å². The molecule has 1 aromatic heterocycles. The van der Waals surface area contributed by atoms with E-state index in [-0.39, 0.29) is 0 Å². The minimum absolute atomic E-state index is 0.406. The van der Waals surface area contributed by atoms with Crippen LogP contribution in [0.2, 0.25) is 5.02 Å². The Balaban J connectivity index is 2.04. The number of thiazole rings is 1. The number of hydrogen-bond acceptors (Lipinski definition) is 4. The lowest BCUT2D eigenvalue weighted by atomic mass is 10.2. The maximum Gasteiger partial charge on any atom is 0.140 e. The Labute approximate surface area is 121 Å². The molecule has 0 saturated heterocycles. The van der Waals surface area contributed by atoms with Crippen molar-refractivity contribution in [3.8, 4) is 11.8 Å². The molecule has 0 spiro atoms. The fourth-order valence-electron chi connectivity index (χ4n) is 1.64. The van der Waals surface area contributed by atoms with Crippen LogP contribution < -0.4 is 4.74 Å². The first kappa shape index (κ1) is 13.9. The number of nitrogens with zero attached hydrogens (tertiary/aromatic N) is 2. The highest BCUT2D eigenvalue weighted by Gasteiger charge is 2.08. The zero-order chi connectivity index (χ0) is 13.8. The number of rotatable bonds is 4. The lowest BCUT2D eigenvalue weighted by molar-refractivity contribution is 0.305. The Kier molecular flexibility index (Phi) is 4.41. The van der Waals surface area contributed by atoms with Crippen molar-refractivity contribution in [2.45, 2.75) is 26.9 Å². The Morgan fingerprint density at radius 2 is 2.21 bits per heavy atom. The topological polar surface area (TPSA) is 45.9 Å². The molecule has 3 nitrogen and oxygen atoms in total. The second-order valence-electron chi connectivity index (χ2n) is 4.15. The number of benzene rings is 1. The van der Waals surface area contributed by atoms with Crippen molar-refractivity contribution >= 4 is 22.9 Å². The van der Waals surface area contributed by atoms with Crippen LogP contribution in [-0.4, -0.2) is 4.98 Å². The van der Waals surface area contributed by atoms with Crippen LogP contribution in [-0.2, 0) is 13.0 Å². The van der Waals surface area contributed by atoms with Gasteiger partial charge < -0.3 is 4.74 Å². The number of nitriles is 1. The van der Waals surface area contributed by atoms with Gasteiger partial charge in [-0.15, -0.1) is 11.3 Å². The van der Waals surface area contributed by atoms with Crippen molar-refractivity contribution in [1.82, 2.24) is 4.98 Å². The summed E-state index contributed by atoms with van der Waals surface area (Å²) in [6, 6.07) is 7.70. The molecule has 2 aromatic rings. The summed E-state index contributed by atoms with van der Waals surface area (Å²) in [4.78, 5) is 5.41. The first-order chi connectivity index (χ1) is 9.10. The SMILES string of the molecule is Cc1cc(OCc2nc(C)c(CC#N)s2)ccc1Cl. The van der Waals surface area contributed by atoms with Crippen LogP contribution in [0.15, 0.2) is 18.2 Å². The third-order valence-corrected chi connectivity index (χ3v) is 4.22. The quantitative estimate of drug-likeness (QED) is 0.854. The molecular weight excluding hydrogens is 280 g/mol. The third kappa shape index (κ3) is 3.46. The van der Waals surface area contributed by atoms with Crippen LogP contribution in [0.3, 0.4) is 0 Å². The summed E-state index contributed by atoms with van der Waals surface area (Å²) in [5.41, 5.74) is 1.90. The van der Waals surface area contributed by atoms with Crippen LogP contribution in [0, 0.1) is 25.2 Å². The van der Waals surface area contributed by atoms with Gasteiger partial charge in [0, 0.05) is 9.90 Å². The van der Waals surface area contributed by atoms with Crippen LogP contribution >= 0.6 is 22.9 Å². The van der Waals surface area contributed by atoms with Crippen LogP contribution in [0.1, 0.15) is 21.1 Å². The molecule has 1 heterocycles. The van der Waals surface area contributed by atoms with E-state index in [1.54, 1.807) is 0 Å². The van der Waals surface area contributed by atoms with Gasteiger partial charge >= 0.3 is 0 Å². The summed E-state index contributed by atoms with van der Waals surface area (Å²) in [6.07, 6.45) is 0.406. The summed E-state index contributed by atoms with van der Waals surface area (Å²) in [7, 11) is 0. The lowest BCUT2D eigenvalue weighted by Gasteiger charge is -2.05. The highest BCUT2D eigenvalue weighted by atomic mass is 35.5. The maximum absolute atomic E-state index is 8.70. The van der Waals surface area contributed by atoms with Gasteiger partial charge in [-0.2, -0.15) is 5.26 Å². The predicted octanol–water partition coefficient (Wildman–Crippen LogP) is 4.06. The normalized spacial score (nSPS) is 10.2. The van der Waals surface area contributed by atoms with Gasteiger partial charge in [-0.1, -0.05) is 11.6 Å². The van der Waals surface area contributed by atoms with E-state index in [1.165, 1.54) is 11.3 Å². The standard InChI is InChI=1S/C14H13ClN2OS/c1-9-7-11(3-4-12(9)15)18-8-14-17-10(2)13(19-14)5-6-16/h3-4,7H,5,8H2,1-2H3. The fraction of sp³-hybridized carbons (Fsp3) is 0.286. The van der Waals surface area contributed by atoms with Gasteiger partial charge in [-0.05, 0) is 37.6 Å². The number of aryl methyl sites for hydroxylation is 2. The lowest BCUT2D eigenvalue weighted by Crippen LogP contribution is -1.95. The molecule has 1 aromatic carbocycles. The second kappa shape index (κ2) is 6.05. The first-order valence-corrected chi connectivity index (χ1v) is 7.00. The van der Waals surface area contributed by atoms with E-state index < -0.39 is 0 Å². The van der Waals surface area contributed by atoms with E-state index in [4.69, 9.17) is 21.6 Å². The van der Waals surface area contributed by atoms with Crippen molar-refractivity contribution in [3.05, 3.63) is 44.4 Å². The zero-order valence-corrected chi connectivity index (χ0v) is 12.3. The molecular formula is C14H13ClN2OS. The molecule has 0 aliphatic heterocycles. The van der Waals surface area contributed by atoms with E-state index in [0.717, 1.165) is 31.9 Å². The fourth-order valence-corrected chi connectivity index (χ4v) is 2.67. The van der Waals surface area contributed by atoms with Gasteiger partial charge in [0.1, 0.15) is 17.4 Å². The molecule has 5 heteroatoms. The Morgan fingerprint density at radius 1 is 1.42 bits per heavy atom. The van der Waals surface area contributed by atoms with E-state index >= 15 is 0 Å². The Bertz CT molecular complexity index is 631. The van der Waals surface area contributed by atoms with Crippen molar-refractivity contribution in [2.75, 3.05) is 0 Å². The Hall–Kier alpha value is -1.57. The molecule has 0 aliphatic rings.